The van der Waals surface area contributed by atoms with Crippen LogP contribution in [-0.2, 0) is 0 Å². The normalized spacial score (nSPS) is 10.1. The van der Waals surface area contributed by atoms with Crippen LogP contribution >= 0.6 is 0 Å². The van der Waals surface area contributed by atoms with Crippen molar-refractivity contribution >= 4 is 23.1 Å². The molecule has 0 atom stereocenters. The Morgan fingerprint density at radius 3 is 2.63 bits per heavy atom. The van der Waals surface area contributed by atoms with Crippen molar-refractivity contribution in [3.05, 3.63) is 83.3 Å². The Morgan fingerprint density at radius 1 is 1.04 bits per heavy atom. The first-order valence-corrected chi connectivity index (χ1v) is 7.66. The van der Waals surface area contributed by atoms with Gasteiger partial charge in [0.2, 0.25) is 0 Å². The molecule has 2 N–H and O–H groups in total. The highest BCUT2D eigenvalue weighted by Gasteiger charge is 2.16. The molecule has 1 amide bonds. The first-order chi connectivity index (χ1) is 13.0. The molecule has 2 aromatic carbocycles. The molecular weight excluding hydrogens is 357 g/mol. The SMILES string of the molecule is N#Cc1cccc(Nc2cc(C(=O)Nc3ccc(F)c(F)c3F)ccn2)c1. The lowest BCUT2D eigenvalue weighted by Gasteiger charge is -2.09. The van der Waals surface area contributed by atoms with Gasteiger partial charge in [-0.1, -0.05) is 6.07 Å². The molecule has 0 radical (unpaired) electrons. The first kappa shape index (κ1) is 17.9. The van der Waals surface area contributed by atoms with Crippen molar-refractivity contribution < 1.29 is 18.0 Å². The van der Waals surface area contributed by atoms with Crippen LogP contribution < -0.4 is 10.6 Å². The Bertz CT molecular complexity index is 1060. The average molecular weight is 368 g/mol. The van der Waals surface area contributed by atoms with Gasteiger partial charge in [-0.05, 0) is 42.5 Å². The maximum absolute atomic E-state index is 13.7. The fourth-order valence-corrected chi connectivity index (χ4v) is 2.27. The maximum atomic E-state index is 13.7. The third-order valence-corrected chi connectivity index (χ3v) is 3.57. The van der Waals surface area contributed by atoms with Gasteiger partial charge in [0.25, 0.3) is 5.91 Å². The van der Waals surface area contributed by atoms with E-state index in [1.807, 2.05) is 6.07 Å². The number of hydrogen-bond donors (Lipinski definition) is 2. The molecule has 5 nitrogen and oxygen atoms in total. The van der Waals surface area contributed by atoms with Crippen molar-refractivity contribution in [2.45, 2.75) is 0 Å². The fraction of sp³-hybridized carbons (Fsp3) is 0. The Balaban J connectivity index is 1.80. The number of hydrogen-bond acceptors (Lipinski definition) is 4. The summed E-state index contributed by atoms with van der Waals surface area (Å²) in [6.07, 6.45) is 1.35. The molecule has 0 fully saturated rings. The summed E-state index contributed by atoms with van der Waals surface area (Å²) < 4.78 is 39.9. The van der Waals surface area contributed by atoms with Crippen molar-refractivity contribution in [1.82, 2.24) is 4.98 Å². The minimum atomic E-state index is -1.66. The predicted molar refractivity (Wildman–Crippen MR) is 92.9 cm³/mol. The minimum absolute atomic E-state index is 0.119. The van der Waals surface area contributed by atoms with E-state index in [0.717, 1.165) is 12.1 Å². The van der Waals surface area contributed by atoms with Crippen molar-refractivity contribution in [3.8, 4) is 6.07 Å². The second-order valence-electron chi connectivity index (χ2n) is 5.42. The summed E-state index contributed by atoms with van der Waals surface area (Å²) in [5, 5.41) is 14.0. The molecule has 1 aromatic heterocycles. The second-order valence-corrected chi connectivity index (χ2v) is 5.42. The van der Waals surface area contributed by atoms with Crippen LogP contribution in [0.25, 0.3) is 0 Å². The minimum Gasteiger partial charge on any atom is -0.340 e. The molecule has 0 unspecified atom stereocenters. The number of carbonyl (C=O) groups excluding carboxylic acids is 1. The van der Waals surface area contributed by atoms with Crippen LogP contribution in [0.4, 0.5) is 30.4 Å². The van der Waals surface area contributed by atoms with E-state index in [4.69, 9.17) is 5.26 Å². The van der Waals surface area contributed by atoms with Crippen molar-refractivity contribution in [3.63, 3.8) is 0 Å². The topological polar surface area (TPSA) is 77.8 Å². The van der Waals surface area contributed by atoms with E-state index in [2.05, 4.69) is 15.6 Å². The number of benzene rings is 2. The van der Waals surface area contributed by atoms with Crippen LogP contribution in [0.3, 0.4) is 0 Å². The second kappa shape index (κ2) is 7.58. The van der Waals surface area contributed by atoms with Gasteiger partial charge in [-0.25, -0.2) is 18.2 Å². The molecule has 0 aliphatic rings. The molecule has 0 aliphatic carbocycles. The standard InChI is InChI=1S/C19H11F3N4O/c20-14-4-5-15(18(22)17(14)21)26-19(27)12-6-7-24-16(9-12)25-13-3-1-2-11(8-13)10-23/h1-9H,(H,24,25)(H,26,27). The van der Waals surface area contributed by atoms with E-state index in [9.17, 15) is 18.0 Å². The lowest BCUT2D eigenvalue weighted by molar-refractivity contribution is 0.102. The largest absolute Gasteiger partial charge is 0.340 e. The summed E-state index contributed by atoms with van der Waals surface area (Å²) in [7, 11) is 0. The zero-order valence-electron chi connectivity index (χ0n) is 13.6. The molecule has 0 spiro atoms. The number of amides is 1. The lowest BCUT2D eigenvalue weighted by atomic mass is 10.2. The number of pyridine rings is 1. The van der Waals surface area contributed by atoms with Crippen molar-refractivity contribution in [1.29, 1.82) is 5.26 Å². The van der Waals surface area contributed by atoms with Gasteiger partial charge in [-0.2, -0.15) is 5.26 Å². The van der Waals surface area contributed by atoms with E-state index in [0.29, 0.717) is 17.1 Å². The van der Waals surface area contributed by atoms with E-state index in [-0.39, 0.29) is 5.56 Å². The summed E-state index contributed by atoms with van der Waals surface area (Å²) in [6, 6.07) is 13.1. The predicted octanol–water partition coefficient (Wildman–Crippen LogP) is 4.37. The van der Waals surface area contributed by atoms with Gasteiger partial charge in [0.05, 0.1) is 17.3 Å². The third kappa shape index (κ3) is 4.04. The maximum Gasteiger partial charge on any atom is 0.255 e. The van der Waals surface area contributed by atoms with Gasteiger partial charge in [0.15, 0.2) is 17.5 Å². The summed E-state index contributed by atoms with van der Waals surface area (Å²) in [6.45, 7) is 0. The van der Waals surface area contributed by atoms with Gasteiger partial charge in [0, 0.05) is 17.4 Å². The highest BCUT2D eigenvalue weighted by Crippen LogP contribution is 2.21. The Labute approximate surface area is 152 Å². The molecule has 8 heteroatoms. The van der Waals surface area contributed by atoms with Crippen LogP contribution in [0, 0.1) is 28.8 Å². The van der Waals surface area contributed by atoms with Crippen molar-refractivity contribution in [2.75, 3.05) is 10.6 Å². The number of rotatable bonds is 4. The number of halogens is 3. The molecule has 3 rings (SSSR count). The number of aromatic nitrogens is 1. The average Bonchev–Trinajstić information content (AvgIpc) is 2.68. The van der Waals surface area contributed by atoms with E-state index >= 15 is 0 Å². The number of nitrogens with zero attached hydrogens (tertiary/aromatic N) is 2. The van der Waals surface area contributed by atoms with Crippen LogP contribution in [0.1, 0.15) is 15.9 Å². The quantitative estimate of drug-likeness (QED) is 0.671. The van der Waals surface area contributed by atoms with Crippen LogP contribution in [0.15, 0.2) is 54.7 Å². The first-order valence-electron chi connectivity index (χ1n) is 7.66. The molecule has 27 heavy (non-hydrogen) atoms. The molecule has 0 bridgehead atoms. The summed E-state index contributed by atoms with van der Waals surface area (Å²) >= 11 is 0. The van der Waals surface area contributed by atoms with Gasteiger partial charge < -0.3 is 10.6 Å². The molecule has 134 valence electrons. The van der Waals surface area contributed by atoms with Gasteiger partial charge in [-0.15, -0.1) is 0 Å². The van der Waals surface area contributed by atoms with E-state index < -0.39 is 29.0 Å². The van der Waals surface area contributed by atoms with Gasteiger partial charge in [-0.3, -0.25) is 4.79 Å². The van der Waals surface area contributed by atoms with E-state index in [1.165, 1.54) is 18.3 Å². The summed E-state index contributed by atoms with van der Waals surface area (Å²) in [4.78, 5) is 16.3. The fourth-order valence-electron chi connectivity index (χ4n) is 2.27. The van der Waals surface area contributed by atoms with Gasteiger partial charge in [0.1, 0.15) is 5.82 Å². The number of anilines is 3. The Kier molecular flexibility index (Phi) is 5.04. The Morgan fingerprint density at radius 2 is 1.85 bits per heavy atom. The highest BCUT2D eigenvalue weighted by molar-refractivity contribution is 6.04. The summed E-state index contributed by atoms with van der Waals surface area (Å²) in [5.74, 6) is -4.91. The van der Waals surface area contributed by atoms with Gasteiger partial charge >= 0.3 is 0 Å². The monoisotopic (exact) mass is 368 g/mol. The van der Waals surface area contributed by atoms with Crippen LogP contribution in [0.5, 0.6) is 0 Å². The zero-order chi connectivity index (χ0) is 19.4. The van der Waals surface area contributed by atoms with Crippen LogP contribution in [0.2, 0.25) is 0 Å². The molecular formula is C19H11F3N4O. The third-order valence-electron chi connectivity index (χ3n) is 3.57. The Hall–Kier alpha value is -3.86. The van der Waals surface area contributed by atoms with Crippen molar-refractivity contribution in [2.24, 2.45) is 0 Å². The lowest BCUT2D eigenvalue weighted by Crippen LogP contribution is -2.14. The number of nitriles is 1. The molecule has 0 saturated carbocycles. The highest BCUT2D eigenvalue weighted by atomic mass is 19.2. The summed E-state index contributed by atoms with van der Waals surface area (Å²) in [5.41, 5.74) is 0.675. The molecule has 0 aliphatic heterocycles. The smallest absolute Gasteiger partial charge is 0.255 e. The number of carbonyl (C=O) groups is 1. The zero-order valence-corrected chi connectivity index (χ0v) is 13.6. The molecule has 0 saturated heterocycles. The molecule has 1 heterocycles. The van der Waals surface area contributed by atoms with E-state index in [1.54, 1.807) is 24.3 Å². The number of nitrogens with one attached hydrogen (secondary N) is 2. The van der Waals surface area contributed by atoms with Crippen LogP contribution in [-0.4, -0.2) is 10.9 Å². The molecule has 3 aromatic rings.